The largest absolute Gasteiger partial charge is 0.484 e. The Hall–Kier alpha value is -3.28. The molecule has 29 heavy (non-hydrogen) atoms. The van der Waals surface area contributed by atoms with E-state index in [2.05, 4.69) is 10.9 Å². The minimum absolute atomic E-state index is 0.194. The first kappa shape index (κ1) is 19.1. The second kappa shape index (κ2) is 8.39. The van der Waals surface area contributed by atoms with Gasteiger partial charge in [0.2, 0.25) is 0 Å². The molecule has 0 radical (unpaired) electrons. The zero-order valence-electron chi connectivity index (χ0n) is 16.4. The smallest absolute Gasteiger partial charge is 0.276 e. The van der Waals surface area contributed by atoms with E-state index >= 15 is 0 Å². The maximum absolute atomic E-state index is 12.1. The van der Waals surface area contributed by atoms with Crippen molar-refractivity contribution in [1.29, 1.82) is 0 Å². The molecule has 3 aromatic rings. The molecule has 2 amide bonds. The molecular weight excluding hydrogens is 368 g/mol. The predicted octanol–water partition coefficient (Wildman–Crippen LogP) is 3.71. The molecular formula is C23H24N2O4. The van der Waals surface area contributed by atoms with Crippen molar-refractivity contribution in [3.63, 3.8) is 0 Å². The van der Waals surface area contributed by atoms with Gasteiger partial charge >= 0.3 is 0 Å². The van der Waals surface area contributed by atoms with Crippen molar-refractivity contribution in [2.75, 3.05) is 6.61 Å². The zero-order valence-corrected chi connectivity index (χ0v) is 16.4. The molecule has 4 rings (SSSR count). The number of carbonyl (C=O) groups is 2. The second-order valence-corrected chi connectivity index (χ2v) is 7.21. The Labute approximate surface area is 169 Å². The van der Waals surface area contributed by atoms with Gasteiger partial charge in [0.15, 0.2) is 6.61 Å². The average Bonchev–Trinajstić information content (AvgIpc) is 3.14. The summed E-state index contributed by atoms with van der Waals surface area (Å²) in [6.45, 7) is 1.86. The van der Waals surface area contributed by atoms with Crippen LogP contribution < -0.4 is 15.6 Å². The molecule has 1 aliphatic rings. The van der Waals surface area contributed by atoms with E-state index in [9.17, 15) is 9.59 Å². The van der Waals surface area contributed by atoms with Gasteiger partial charge in [0, 0.05) is 22.9 Å². The number of hydrogen-bond acceptors (Lipinski definition) is 4. The molecule has 6 heteroatoms. The van der Waals surface area contributed by atoms with Crippen molar-refractivity contribution >= 4 is 22.8 Å². The van der Waals surface area contributed by atoms with Crippen molar-refractivity contribution in [3.05, 3.63) is 64.9 Å². The number of rotatable bonds is 5. The fraction of sp³-hybridized carbons (Fsp3) is 0.304. The van der Waals surface area contributed by atoms with Crippen molar-refractivity contribution in [2.24, 2.45) is 0 Å². The first-order valence-corrected chi connectivity index (χ1v) is 9.99. The van der Waals surface area contributed by atoms with Gasteiger partial charge in [-0.1, -0.05) is 19.1 Å². The first-order chi connectivity index (χ1) is 14.1. The van der Waals surface area contributed by atoms with E-state index < -0.39 is 5.91 Å². The summed E-state index contributed by atoms with van der Waals surface area (Å²) in [5.41, 5.74) is 8.53. The molecule has 2 N–H and O–H groups in total. The van der Waals surface area contributed by atoms with Crippen LogP contribution in [-0.2, 0) is 24.1 Å². The number of furan rings is 1. The summed E-state index contributed by atoms with van der Waals surface area (Å²) in [6.07, 6.45) is 5.21. The number of ether oxygens (including phenoxy) is 1. The van der Waals surface area contributed by atoms with Crippen LogP contribution in [0.15, 0.2) is 46.9 Å². The molecule has 0 spiro atoms. The Morgan fingerprint density at radius 2 is 1.83 bits per heavy atom. The van der Waals surface area contributed by atoms with E-state index in [0.29, 0.717) is 11.3 Å². The van der Waals surface area contributed by atoms with Gasteiger partial charge in [0.05, 0.1) is 0 Å². The summed E-state index contributed by atoms with van der Waals surface area (Å²) in [7, 11) is 0. The third-order valence-corrected chi connectivity index (χ3v) is 5.24. The number of carbonyl (C=O) groups excluding carboxylic acids is 2. The third-order valence-electron chi connectivity index (χ3n) is 5.24. The highest BCUT2D eigenvalue weighted by molar-refractivity contribution is 5.95. The molecule has 1 aliphatic carbocycles. The fourth-order valence-electron chi connectivity index (χ4n) is 3.61. The summed E-state index contributed by atoms with van der Waals surface area (Å²) < 4.78 is 11.5. The van der Waals surface area contributed by atoms with Crippen LogP contribution in [0.25, 0.3) is 11.0 Å². The van der Waals surface area contributed by atoms with Gasteiger partial charge in [-0.25, -0.2) is 0 Å². The number of hydrogen-bond donors (Lipinski definition) is 2. The first-order valence-electron chi connectivity index (χ1n) is 9.99. The monoisotopic (exact) mass is 392 g/mol. The van der Waals surface area contributed by atoms with E-state index in [0.717, 1.165) is 54.4 Å². The van der Waals surface area contributed by atoms with Crippen LogP contribution in [0, 0.1) is 0 Å². The molecule has 1 aromatic heterocycles. The highest BCUT2D eigenvalue weighted by atomic mass is 16.5. The van der Waals surface area contributed by atoms with E-state index in [1.165, 1.54) is 5.56 Å². The van der Waals surface area contributed by atoms with Crippen molar-refractivity contribution in [2.45, 2.75) is 39.0 Å². The van der Waals surface area contributed by atoms with Gasteiger partial charge in [-0.2, -0.15) is 0 Å². The molecule has 0 saturated carbocycles. The Bertz CT molecular complexity index is 1040. The molecule has 150 valence electrons. The van der Waals surface area contributed by atoms with Crippen LogP contribution in [0.2, 0.25) is 0 Å². The van der Waals surface area contributed by atoms with E-state index in [1.54, 1.807) is 18.2 Å². The van der Waals surface area contributed by atoms with Crippen molar-refractivity contribution in [3.8, 4) is 5.75 Å². The lowest BCUT2D eigenvalue weighted by Gasteiger charge is -2.10. The normalized spacial score (nSPS) is 13.0. The topological polar surface area (TPSA) is 80.6 Å². The molecule has 6 nitrogen and oxygen atoms in total. The molecule has 0 saturated heterocycles. The number of hydrazine groups is 1. The van der Waals surface area contributed by atoms with Gasteiger partial charge in [-0.15, -0.1) is 0 Å². The SMILES string of the molecule is CCc1ccc(C(=O)NNC(=O)COc2ccc3oc4c(c3c2)CCCC4)cc1. The number of amides is 2. The number of fused-ring (bicyclic) bond motifs is 3. The van der Waals surface area contributed by atoms with Gasteiger partial charge in [0.25, 0.3) is 11.8 Å². The van der Waals surface area contributed by atoms with Gasteiger partial charge in [0.1, 0.15) is 17.1 Å². The summed E-state index contributed by atoms with van der Waals surface area (Å²) in [4.78, 5) is 24.1. The summed E-state index contributed by atoms with van der Waals surface area (Å²) in [6, 6.07) is 12.8. The molecule has 0 bridgehead atoms. The predicted molar refractivity (Wildman–Crippen MR) is 110 cm³/mol. The van der Waals surface area contributed by atoms with Gasteiger partial charge in [-0.05, 0) is 61.6 Å². The Morgan fingerprint density at radius 3 is 2.62 bits per heavy atom. The highest BCUT2D eigenvalue weighted by Gasteiger charge is 2.18. The third kappa shape index (κ3) is 4.26. The molecule has 0 atom stereocenters. The van der Waals surface area contributed by atoms with E-state index in [-0.39, 0.29) is 12.5 Å². The minimum atomic E-state index is -0.433. The van der Waals surface area contributed by atoms with E-state index in [4.69, 9.17) is 9.15 Å². The van der Waals surface area contributed by atoms with Crippen molar-refractivity contribution < 1.29 is 18.7 Å². The van der Waals surface area contributed by atoms with Crippen LogP contribution >= 0.6 is 0 Å². The lowest BCUT2D eigenvalue weighted by molar-refractivity contribution is -0.123. The fourth-order valence-corrected chi connectivity index (χ4v) is 3.61. The molecule has 0 unspecified atom stereocenters. The number of nitrogens with one attached hydrogen (secondary N) is 2. The van der Waals surface area contributed by atoms with Gasteiger partial charge < -0.3 is 9.15 Å². The van der Waals surface area contributed by atoms with Crippen LogP contribution in [0.5, 0.6) is 5.75 Å². The average molecular weight is 392 g/mol. The number of aryl methyl sites for hydroxylation is 3. The molecule has 1 heterocycles. The van der Waals surface area contributed by atoms with Crippen LogP contribution in [-0.4, -0.2) is 18.4 Å². The summed E-state index contributed by atoms with van der Waals surface area (Å²) in [5.74, 6) is 0.865. The minimum Gasteiger partial charge on any atom is -0.484 e. The van der Waals surface area contributed by atoms with E-state index in [1.807, 2.05) is 31.2 Å². The molecule has 0 fully saturated rings. The highest BCUT2D eigenvalue weighted by Crippen LogP contribution is 2.33. The standard InChI is InChI=1S/C23H24N2O4/c1-2-15-7-9-16(10-8-15)23(27)25-24-22(26)14-28-17-11-12-21-19(13-17)18-5-3-4-6-20(18)29-21/h7-13H,2-6,14H2,1H3,(H,24,26)(H,25,27). The zero-order chi connectivity index (χ0) is 20.2. The summed E-state index contributed by atoms with van der Waals surface area (Å²) in [5, 5.41) is 1.06. The molecule has 2 aromatic carbocycles. The van der Waals surface area contributed by atoms with Crippen molar-refractivity contribution in [1.82, 2.24) is 10.9 Å². The summed E-state index contributed by atoms with van der Waals surface area (Å²) >= 11 is 0. The maximum atomic E-state index is 12.1. The Balaban J connectivity index is 1.31. The Kier molecular flexibility index (Phi) is 5.51. The van der Waals surface area contributed by atoms with Gasteiger partial charge in [-0.3, -0.25) is 20.4 Å². The molecule has 0 aliphatic heterocycles. The number of benzene rings is 2. The maximum Gasteiger partial charge on any atom is 0.276 e. The van der Waals surface area contributed by atoms with Crippen LogP contribution in [0.1, 0.15) is 47.0 Å². The quantitative estimate of drug-likeness (QED) is 0.649. The second-order valence-electron chi connectivity index (χ2n) is 7.21. The lowest BCUT2D eigenvalue weighted by Crippen LogP contribution is -2.43. The van der Waals surface area contributed by atoms with Crippen LogP contribution in [0.4, 0.5) is 0 Å². The van der Waals surface area contributed by atoms with Crippen LogP contribution in [0.3, 0.4) is 0 Å². The Morgan fingerprint density at radius 1 is 1.03 bits per heavy atom. The lowest BCUT2D eigenvalue weighted by atomic mass is 9.96.